The van der Waals surface area contributed by atoms with E-state index in [0.717, 1.165) is 0 Å². The molecular formula is C10H20ClNO. The first-order valence-electron chi connectivity index (χ1n) is 5.18. The molecule has 0 bridgehead atoms. The van der Waals surface area contributed by atoms with Gasteiger partial charge in [-0.1, -0.05) is 19.3 Å². The first kappa shape index (κ1) is 11.3. The maximum atomic E-state index is 9.39. The minimum Gasteiger partial charge on any atom is -0.391 e. The van der Waals surface area contributed by atoms with Crippen molar-refractivity contribution in [2.75, 3.05) is 19.5 Å². The average molecular weight is 206 g/mol. The van der Waals surface area contributed by atoms with Crippen LogP contribution in [0.25, 0.3) is 0 Å². The van der Waals surface area contributed by atoms with Crippen molar-refractivity contribution in [3.8, 4) is 0 Å². The molecule has 0 aromatic rings. The van der Waals surface area contributed by atoms with Crippen molar-refractivity contribution in [2.45, 2.75) is 44.2 Å². The molecule has 0 aromatic carbocycles. The van der Waals surface area contributed by atoms with Gasteiger partial charge in [-0.25, -0.2) is 0 Å². The second-order valence-corrected chi connectivity index (χ2v) is 4.35. The summed E-state index contributed by atoms with van der Waals surface area (Å²) in [5.74, 6) is 0.344. The van der Waals surface area contributed by atoms with Crippen molar-refractivity contribution in [3.63, 3.8) is 0 Å². The van der Waals surface area contributed by atoms with Crippen LogP contribution in [-0.2, 0) is 0 Å². The Morgan fingerprint density at radius 2 is 2.00 bits per heavy atom. The quantitative estimate of drug-likeness (QED) is 0.709. The Labute approximate surface area is 85.9 Å². The molecule has 1 atom stereocenters. The van der Waals surface area contributed by atoms with E-state index in [1.54, 1.807) is 0 Å². The van der Waals surface area contributed by atoms with E-state index < -0.39 is 0 Å². The van der Waals surface area contributed by atoms with Crippen molar-refractivity contribution < 1.29 is 5.11 Å². The summed E-state index contributed by atoms with van der Waals surface area (Å²) < 4.78 is 0. The fourth-order valence-corrected chi connectivity index (χ4v) is 2.15. The van der Waals surface area contributed by atoms with Gasteiger partial charge in [0.25, 0.3) is 0 Å². The molecule has 1 aliphatic rings. The van der Waals surface area contributed by atoms with E-state index in [1.807, 2.05) is 0 Å². The molecule has 0 amide bonds. The van der Waals surface area contributed by atoms with Crippen LogP contribution in [0.15, 0.2) is 0 Å². The highest BCUT2D eigenvalue weighted by Gasteiger charge is 2.19. The third kappa shape index (κ3) is 3.84. The molecule has 1 rings (SSSR count). The second kappa shape index (κ2) is 5.84. The van der Waals surface area contributed by atoms with Crippen LogP contribution in [0.5, 0.6) is 0 Å². The number of hydrogen-bond acceptors (Lipinski definition) is 2. The Hall–Kier alpha value is 0.210. The maximum Gasteiger partial charge on any atom is 0.0802 e. The number of aliphatic hydroxyl groups excluding tert-OH is 1. The molecule has 0 spiro atoms. The molecular weight excluding hydrogens is 186 g/mol. The Kier molecular flexibility index (Phi) is 5.07. The Morgan fingerprint density at radius 1 is 1.38 bits per heavy atom. The minimum absolute atomic E-state index is 0.344. The van der Waals surface area contributed by atoms with Gasteiger partial charge in [-0.15, -0.1) is 11.6 Å². The third-order valence-corrected chi connectivity index (χ3v) is 3.23. The molecule has 78 valence electrons. The fourth-order valence-electron chi connectivity index (χ4n) is 2.05. The summed E-state index contributed by atoms with van der Waals surface area (Å²) in [4.78, 5) is 2.26. The van der Waals surface area contributed by atoms with Crippen LogP contribution in [0.4, 0.5) is 0 Å². The predicted octanol–water partition coefficient (Wildman–Crippen LogP) is 1.85. The van der Waals surface area contributed by atoms with E-state index in [0.29, 0.717) is 18.5 Å². The molecule has 13 heavy (non-hydrogen) atoms. The molecule has 1 N–H and O–H groups in total. The van der Waals surface area contributed by atoms with Gasteiger partial charge in [0, 0.05) is 18.5 Å². The van der Waals surface area contributed by atoms with Crippen LogP contribution >= 0.6 is 11.6 Å². The van der Waals surface area contributed by atoms with Gasteiger partial charge < -0.3 is 10.0 Å². The highest BCUT2D eigenvalue weighted by atomic mass is 35.5. The summed E-state index contributed by atoms with van der Waals surface area (Å²) in [7, 11) is 2.09. The van der Waals surface area contributed by atoms with Crippen molar-refractivity contribution in [1.82, 2.24) is 4.90 Å². The highest BCUT2D eigenvalue weighted by molar-refractivity contribution is 6.18. The molecule has 0 heterocycles. The van der Waals surface area contributed by atoms with E-state index in [1.165, 1.54) is 32.1 Å². The molecule has 3 heteroatoms. The molecule has 1 unspecified atom stereocenters. The van der Waals surface area contributed by atoms with Crippen LogP contribution in [0.3, 0.4) is 0 Å². The average Bonchev–Trinajstić information content (AvgIpc) is 2.19. The summed E-state index contributed by atoms with van der Waals surface area (Å²) in [6.07, 6.45) is 6.26. The Bertz CT molecular complexity index is 137. The third-order valence-electron chi connectivity index (χ3n) is 2.87. The van der Waals surface area contributed by atoms with Crippen LogP contribution in [0.1, 0.15) is 32.1 Å². The van der Waals surface area contributed by atoms with Crippen molar-refractivity contribution in [2.24, 2.45) is 0 Å². The normalized spacial score (nSPS) is 22.2. The van der Waals surface area contributed by atoms with Gasteiger partial charge >= 0.3 is 0 Å². The lowest BCUT2D eigenvalue weighted by Crippen LogP contribution is -2.39. The molecule has 0 saturated heterocycles. The van der Waals surface area contributed by atoms with Crippen LogP contribution in [0, 0.1) is 0 Å². The van der Waals surface area contributed by atoms with Crippen LogP contribution in [-0.4, -0.2) is 41.6 Å². The first-order chi connectivity index (χ1) is 6.24. The SMILES string of the molecule is CN(CC(O)CCl)C1CCCCC1. The molecule has 1 saturated carbocycles. The van der Waals surface area contributed by atoms with Gasteiger partial charge in [0.05, 0.1) is 6.10 Å². The first-order valence-corrected chi connectivity index (χ1v) is 5.71. The Balaban J connectivity index is 2.24. The number of alkyl halides is 1. The maximum absolute atomic E-state index is 9.39. The zero-order valence-electron chi connectivity index (χ0n) is 8.38. The number of nitrogens with zero attached hydrogens (tertiary/aromatic N) is 1. The van der Waals surface area contributed by atoms with Gasteiger partial charge in [0.1, 0.15) is 0 Å². The largest absolute Gasteiger partial charge is 0.391 e. The Morgan fingerprint density at radius 3 is 2.54 bits per heavy atom. The zero-order valence-corrected chi connectivity index (χ0v) is 9.13. The molecule has 0 aromatic heterocycles. The summed E-state index contributed by atoms with van der Waals surface area (Å²) in [6.45, 7) is 0.716. The van der Waals surface area contributed by atoms with E-state index >= 15 is 0 Å². The van der Waals surface area contributed by atoms with Crippen LogP contribution < -0.4 is 0 Å². The topological polar surface area (TPSA) is 23.5 Å². The minimum atomic E-state index is -0.367. The summed E-state index contributed by atoms with van der Waals surface area (Å²) in [5, 5.41) is 9.39. The van der Waals surface area contributed by atoms with Gasteiger partial charge in [-0.2, -0.15) is 0 Å². The predicted molar refractivity (Wildman–Crippen MR) is 56.2 cm³/mol. The van der Waals surface area contributed by atoms with Crippen LogP contribution in [0.2, 0.25) is 0 Å². The lowest BCUT2D eigenvalue weighted by atomic mass is 9.94. The number of rotatable bonds is 4. The molecule has 0 aliphatic heterocycles. The molecule has 1 aliphatic carbocycles. The van der Waals surface area contributed by atoms with Crippen molar-refractivity contribution >= 4 is 11.6 Å². The van der Waals surface area contributed by atoms with Gasteiger partial charge in [0.2, 0.25) is 0 Å². The number of aliphatic hydroxyl groups is 1. The standard InChI is InChI=1S/C10H20ClNO/c1-12(8-10(13)7-11)9-5-3-2-4-6-9/h9-10,13H,2-8H2,1H3. The van der Waals surface area contributed by atoms with E-state index in [-0.39, 0.29) is 6.10 Å². The van der Waals surface area contributed by atoms with Gasteiger partial charge in [0.15, 0.2) is 0 Å². The molecule has 1 fully saturated rings. The number of likely N-dealkylation sites (N-methyl/N-ethyl adjacent to an activating group) is 1. The lowest BCUT2D eigenvalue weighted by molar-refractivity contribution is 0.104. The zero-order chi connectivity index (χ0) is 9.68. The van der Waals surface area contributed by atoms with E-state index in [2.05, 4.69) is 11.9 Å². The van der Waals surface area contributed by atoms with Crippen molar-refractivity contribution in [3.05, 3.63) is 0 Å². The summed E-state index contributed by atoms with van der Waals surface area (Å²) in [6, 6.07) is 0.673. The number of halogens is 1. The summed E-state index contributed by atoms with van der Waals surface area (Å²) in [5.41, 5.74) is 0. The molecule has 0 radical (unpaired) electrons. The fraction of sp³-hybridized carbons (Fsp3) is 1.00. The second-order valence-electron chi connectivity index (χ2n) is 4.04. The van der Waals surface area contributed by atoms with E-state index in [4.69, 9.17) is 11.6 Å². The lowest BCUT2D eigenvalue weighted by Gasteiger charge is -2.32. The summed E-state index contributed by atoms with van der Waals surface area (Å²) >= 11 is 5.56. The van der Waals surface area contributed by atoms with Gasteiger partial charge in [-0.3, -0.25) is 0 Å². The van der Waals surface area contributed by atoms with Gasteiger partial charge in [-0.05, 0) is 19.9 Å². The number of hydrogen-bond donors (Lipinski definition) is 1. The monoisotopic (exact) mass is 205 g/mol. The van der Waals surface area contributed by atoms with E-state index in [9.17, 15) is 5.11 Å². The smallest absolute Gasteiger partial charge is 0.0802 e. The van der Waals surface area contributed by atoms with Crippen molar-refractivity contribution in [1.29, 1.82) is 0 Å². The highest BCUT2D eigenvalue weighted by Crippen LogP contribution is 2.21. The molecule has 2 nitrogen and oxygen atoms in total.